The van der Waals surface area contributed by atoms with Crippen molar-refractivity contribution < 1.29 is 9.84 Å². The Kier molecular flexibility index (Phi) is 4.93. The molecular weight excluding hydrogens is 240 g/mol. The van der Waals surface area contributed by atoms with E-state index >= 15 is 0 Å². The SMILES string of the molecule is CCCn1c(CC(O)CCOC)nc2ccccc21. The summed E-state index contributed by atoms with van der Waals surface area (Å²) in [5.74, 6) is 0.964. The van der Waals surface area contributed by atoms with Crippen LogP contribution in [0.25, 0.3) is 11.0 Å². The molecule has 0 amide bonds. The van der Waals surface area contributed by atoms with E-state index in [0.717, 1.165) is 29.8 Å². The lowest BCUT2D eigenvalue weighted by Gasteiger charge is -2.12. The van der Waals surface area contributed by atoms with Crippen LogP contribution in [0.2, 0.25) is 0 Å². The highest BCUT2D eigenvalue weighted by molar-refractivity contribution is 5.75. The average Bonchev–Trinajstić information content (AvgIpc) is 2.75. The van der Waals surface area contributed by atoms with Crippen molar-refractivity contribution in [3.63, 3.8) is 0 Å². The Morgan fingerprint density at radius 2 is 2.16 bits per heavy atom. The molecule has 0 aliphatic heterocycles. The van der Waals surface area contributed by atoms with Crippen molar-refractivity contribution >= 4 is 11.0 Å². The van der Waals surface area contributed by atoms with Crippen LogP contribution < -0.4 is 0 Å². The Bertz CT molecular complexity index is 522. The molecule has 2 rings (SSSR count). The summed E-state index contributed by atoms with van der Waals surface area (Å²) in [7, 11) is 1.65. The molecule has 0 fully saturated rings. The number of aliphatic hydroxyl groups is 1. The van der Waals surface area contributed by atoms with Crippen LogP contribution in [0.1, 0.15) is 25.6 Å². The van der Waals surface area contributed by atoms with Gasteiger partial charge in [0.05, 0.1) is 17.1 Å². The second-order valence-electron chi connectivity index (χ2n) is 4.81. The van der Waals surface area contributed by atoms with Crippen LogP contribution in [-0.2, 0) is 17.7 Å². The minimum atomic E-state index is -0.396. The van der Waals surface area contributed by atoms with Crippen molar-refractivity contribution in [1.29, 1.82) is 0 Å². The predicted molar refractivity (Wildman–Crippen MR) is 76.2 cm³/mol. The fourth-order valence-corrected chi connectivity index (χ4v) is 2.32. The van der Waals surface area contributed by atoms with Crippen molar-refractivity contribution in [3.05, 3.63) is 30.1 Å². The van der Waals surface area contributed by atoms with Crippen LogP contribution in [0.5, 0.6) is 0 Å². The third kappa shape index (κ3) is 3.33. The molecule has 0 radical (unpaired) electrons. The first-order valence-electron chi connectivity index (χ1n) is 6.87. The molecule has 1 unspecified atom stereocenters. The summed E-state index contributed by atoms with van der Waals surface area (Å²) in [6.07, 6.45) is 1.89. The van der Waals surface area contributed by atoms with Crippen LogP contribution in [-0.4, -0.2) is 34.5 Å². The largest absolute Gasteiger partial charge is 0.393 e. The molecule has 4 heteroatoms. The summed E-state index contributed by atoms with van der Waals surface area (Å²) in [6.45, 7) is 3.67. The molecule has 2 aromatic rings. The molecule has 0 aliphatic rings. The van der Waals surface area contributed by atoms with Crippen molar-refractivity contribution in [2.45, 2.75) is 38.8 Å². The normalized spacial score (nSPS) is 13.0. The maximum atomic E-state index is 10.0. The molecular formula is C15H22N2O2. The molecule has 0 saturated heterocycles. The fourth-order valence-electron chi connectivity index (χ4n) is 2.32. The lowest BCUT2D eigenvalue weighted by atomic mass is 10.2. The number of rotatable bonds is 7. The van der Waals surface area contributed by atoms with Gasteiger partial charge in [-0.25, -0.2) is 4.98 Å². The van der Waals surface area contributed by atoms with Crippen LogP contribution in [0, 0.1) is 0 Å². The minimum Gasteiger partial charge on any atom is -0.393 e. The first kappa shape index (κ1) is 14.0. The second-order valence-corrected chi connectivity index (χ2v) is 4.81. The first-order chi connectivity index (χ1) is 9.26. The summed E-state index contributed by atoms with van der Waals surface area (Å²) in [6, 6.07) is 8.13. The lowest BCUT2D eigenvalue weighted by Crippen LogP contribution is -2.16. The quantitative estimate of drug-likeness (QED) is 0.833. The number of ether oxygens (including phenoxy) is 1. The summed E-state index contributed by atoms with van der Waals surface area (Å²) < 4.78 is 7.21. The Hall–Kier alpha value is -1.39. The van der Waals surface area contributed by atoms with Gasteiger partial charge in [0.25, 0.3) is 0 Å². The number of imidazole rings is 1. The molecule has 1 heterocycles. The van der Waals surface area contributed by atoms with Gasteiger partial charge >= 0.3 is 0 Å². The van der Waals surface area contributed by atoms with E-state index in [1.54, 1.807) is 7.11 Å². The zero-order valence-corrected chi connectivity index (χ0v) is 11.7. The monoisotopic (exact) mass is 262 g/mol. The van der Waals surface area contributed by atoms with Crippen molar-refractivity contribution in [2.24, 2.45) is 0 Å². The third-order valence-electron chi connectivity index (χ3n) is 3.25. The Labute approximate surface area is 114 Å². The number of benzene rings is 1. The predicted octanol–water partition coefficient (Wildman–Crippen LogP) is 2.39. The average molecular weight is 262 g/mol. The summed E-state index contributed by atoms with van der Waals surface area (Å²) in [5.41, 5.74) is 2.16. The Balaban J connectivity index is 2.23. The maximum absolute atomic E-state index is 10.0. The number of fused-ring (bicyclic) bond motifs is 1. The smallest absolute Gasteiger partial charge is 0.112 e. The van der Waals surface area contributed by atoms with Gasteiger partial charge in [0.2, 0.25) is 0 Å². The molecule has 1 atom stereocenters. The fraction of sp³-hybridized carbons (Fsp3) is 0.533. The van der Waals surface area contributed by atoms with E-state index in [0.29, 0.717) is 19.4 Å². The molecule has 0 spiro atoms. The number of methoxy groups -OCH3 is 1. The van der Waals surface area contributed by atoms with Crippen LogP contribution >= 0.6 is 0 Å². The topological polar surface area (TPSA) is 47.3 Å². The zero-order valence-electron chi connectivity index (χ0n) is 11.7. The summed E-state index contributed by atoms with van der Waals surface area (Å²) in [4.78, 5) is 4.64. The molecule has 19 heavy (non-hydrogen) atoms. The Morgan fingerprint density at radius 3 is 2.89 bits per heavy atom. The summed E-state index contributed by atoms with van der Waals surface area (Å²) >= 11 is 0. The molecule has 0 aliphatic carbocycles. The van der Waals surface area contributed by atoms with E-state index < -0.39 is 6.10 Å². The van der Waals surface area contributed by atoms with E-state index in [1.807, 2.05) is 18.2 Å². The van der Waals surface area contributed by atoms with E-state index in [9.17, 15) is 5.11 Å². The van der Waals surface area contributed by atoms with Gasteiger partial charge in [0.15, 0.2) is 0 Å². The number of aromatic nitrogens is 2. The van der Waals surface area contributed by atoms with Gasteiger partial charge in [0.1, 0.15) is 5.82 Å². The first-order valence-corrected chi connectivity index (χ1v) is 6.87. The van der Waals surface area contributed by atoms with Crippen molar-refractivity contribution in [1.82, 2.24) is 9.55 Å². The molecule has 0 bridgehead atoms. The number of hydrogen-bond acceptors (Lipinski definition) is 3. The van der Waals surface area contributed by atoms with Crippen LogP contribution in [0.15, 0.2) is 24.3 Å². The Morgan fingerprint density at radius 1 is 1.37 bits per heavy atom. The number of aryl methyl sites for hydroxylation is 1. The number of aliphatic hydroxyl groups excluding tert-OH is 1. The van der Waals surface area contributed by atoms with Gasteiger partial charge in [-0.3, -0.25) is 0 Å². The van der Waals surface area contributed by atoms with Crippen LogP contribution in [0.3, 0.4) is 0 Å². The highest BCUT2D eigenvalue weighted by atomic mass is 16.5. The number of para-hydroxylation sites is 2. The van der Waals surface area contributed by atoms with Gasteiger partial charge in [-0.15, -0.1) is 0 Å². The lowest BCUT2D eigenvalue weighted by molar-refractivity contribution is 0.108. The minimum absolute atomic E-state index is 0.396. The summed E-state index contributed by atoms with van der Waals surface area (Å²) in [5, 5.41) is 10.0. The molecule has 1 aromatic carbocycles. The standard InChI is InChI=1S/C15H22N2O2/c1-3-9-17-14-7-5-4-6-13(14)16-15(17)11-12(18)8-10-19-2/h4-7,12,18H,3,8-11H2,1-2H3. The highest BCUT2D eigenvalue weighted by Crippen LogP contribution is 2.18. The van der Waals surface area contributed by atoms with Gasteiger partial charge in [0, 0.05) is 26.7 Å². The number of nitrogens with zero attached hydrogens (tertiary/aromatic N) is 2. The van der Waals surface area contributed by atoms with Gasteiger partial charge in [-0.2, -0.15) is 0 Å². The van der Waals surface area contributed by atoms with E-state index in [1.165, 1.54) is 0 Å². The van der Waals surface area contributed by atoms with Gasteiger partial charge in [-0.1, -0.05) is 19.1 Å². The highest BCUT2D eigenvalue weighted by Gasteiger charge is 2.13. The molecule has 4 nitrogen and oxygen atoms in total. The van der Waals surface area contributed by atoms with Crippen molar-refractivity contribution in [2.75, 3.05) is 13.7 Å². The van der Waals surface area contributed by atoms with Gasteiger partial charge in [-0.05, 0) is 25.0 Å². The number of hydrogen-bond donors (Lipinski definition) is 1. The van der Waals surface area contributed by atoms with E-state index in [2.05, 4.69) is 22.5 Å². The molecule has 1 N–H and O–H groups in total. The van der Waals surface area contributed by atoms with E-state index in [-0.39, 0.29) is 0 Å². The second kappa shape index (κ2) is 6.68. The maximum Gasteiger partial charge on any atom is 0.112 e. The van der Waals surface area contributed by atoms with Crippen LogP contribution in [0.4, 0.5) is 0 Å². The van der Waals surface area contributed by atoms with Gasteiger partial charge < -0.3 is 14.4 Å². The molecule has 0 saturated carbocycles. The molecule has 104 valence electrons. The van der Waals surface area contributed by atoms with E-state index in [4.69, 9.17) is 4.74 Å². The third-order valence-corrected chi connectivity index (χ3v) is 3.25. The zero-order chi connectivity index (χ0) is 13.7. The molecule has 1 aromatic heterocycles. The van der Waals surface area contributed by atoms with Crippen molar-refractivity contribution in [3.8, 4) is 0 Å².